The number of benzene rings is 1. The molecule has 1 aliphatic carbocycles. The molecule has 17 heavy (non-hydrogen) atoms. The van der Waals surface area contributed by atoms with Gasteiger partial charge in [0.25, 0.3) is 0 Å². The van der Waals surface area contributed by atoms with Crippen LogP contribution < -0.4 is 10.6 Å². The average molecular weight is 234 g/mol. The second-order valence-corrected chi connectivity index (χ2v) is 4.49. The van der Waals surface area contributed by atoms with Crippen LogP contribution in [0, 0.1) is 0 Å². The van der Waals surface area contributed by atoms with Gasteiger partial charge in [-0.1, -0.05) is 31.4 Å². The summed E-state index contributed by atoms with van der Waals surface area (Å²) in [4.78, 5) is 13.1. The molecule has 0 spiro atoms. The minimum atomic E-state index is -0.488. The van der Waals surface area contributed by atoms with Gasteiger partial charge in [-0.05, 0) is 25.0 Å². The van der Waals surface area contributed by atoms with Gasteiger partial charge in [0.1, 0.15) is 5.75 Å². The first-order chi connectivity index (χ1) is 8.20. The van der Waals surface area contributed by atoms with E-state index >= 15 is 0 Å². The van der Waals surface area contributed by atoms with Gasteiger partial charge >= 0.3 is 6.03 Å². The van der Waals surface area contributed by atoms with Gasteiger partial charge in [-0.2, -0.15) is 0 Å². The van der Waals surface area contributed by atoms with E-state index in [9.17, 15) is 9.90 Å². The highest BCUT2D eigenvalue weighted by atomic mass is 16.3. The van der Waals surface area contributed by atoms with Crippen LogP contribution >= 0.6 is 0 Å². The molecular weight excluding hydrogens is 216 g/mol. The van der Waals surface area contributed by atoms with Gasteiger partial charge in [0.2, 0.25) is 0 Å². The molecular formula is C13H18N2O2. The zero-order valence-electron chi connectivity index (χ0n) is 9.80. The summed E-state index contributed by atoms with van der Waals surface area (Å²) < 4.78 is 0. The van der Waals surface area contributed by atoms with Crippen LogP contribution in [0.5, 0.6) is 5.75 Å². The molecule has 4 nitrogen and oxygen atoms in total. The third-order valence-electron chi connectivity index (χ3n) is 3.32. The second kappa shape index (κ2) is 5.08. The largest absolute Gasteiger partial charge is 0.506 e. The van der Waals surface area contributed by atoms with E-state index in [0.717, 1.165) is 25.7 Å². The Balaban J connectivity index is 2.28. The van der Waals surface area contributed by atoms with E-state index in [1.54, 1.807) is 24.3 Å². The number of para-hydroxylation sites is 2. The van der Waals surface area contributed by atoms with Gasteiger partial charge in [-0.15, -0.1) is 0 Å². The fourth-order valence-electron chi connectivity index (χ4n) is 2.50. The Morgan fingerprint density at radius 3 is 2.47 bits per heavy atom. The van der Waals surface area contributed by atoms with Crippen LogP contribution in [0.25, 0.3) is 0 Å². The fraction of sp³-hybridized carbons (Fsp3) is 0.462. The van der Waals surface area contributed by atoms with Crippen molar-refractivity contribution >= 4 is 11.7 Å². The molecule has 0 saturated heterocycles. The highest BCUT2D eigenvalue weighted by molar-refractivity contribution is 5.92. The minimum Gasteiger partial charge on any atom is -0.506 e. The summed E-state index contributed by atoms with van der Waals surface area (Å²) in [7, 11) is 0. The number of hydrogen-bond acceptors (Lipinski definition) is 2. The molecule has 3 N–H and O–H groups in total. The number of rotatable bonds is 2. The molecule has 0 aromatic heterocycles. The van der Waals surface area contributed by atoms with E-state index in [4.69, 9.17) is 5.73 Å². The standard InChI is InChI=1S/C13H18N2O2/c14-13(17)15(10-6-2-1-3-7-10)11-8-4-5-9-12(11)16/h4-5,8-10,16H,1-3,6-7H2,(H2,14,17). The Morgan fingerprint density at radius 1 is 1.24 bits per heavy atom. The number of hydrogen-bond donors (Lipinski definition) is 2. The van der Waals surface area contributed by atoms with Crippen LogP contribution in [0.4, 0.5) is 10.5 Å². The molecule has 2 amide bonds. The zero-order valence-corrected chi connectivity index (χ0v) is 9.80. The molecule has 1 saturated carbocycles. The minimum absolute atomic E-state index is 0.108. The first-order valence-corrected chi connectivity index (χ1v) is 6.07. The molecule has 0 heterocycles. The van der Waals surface area contributed by atoms with Gasteiger partial charge in [-0.3, -0.25) is 4.90 Å². The smallest absolute Gasteiger partial charge is 0.319 e. The number of nitrogens with zero attached hydrogens (tertiary/aromatic N) is 1. The molecule has 1 aromatic carbocycles. The van der Waals surface area contributed by atoms with Crippen LogP contribution in [0.2, 0.25) is 0 Å². The lowest BCUT2D eigenvalue weighted by molar-refractivity contribution is 0.248. The topological polar surface area (TPSA) is 66.6 Å². The summed E-state index contributed by atoms with van der Waals surface area (Å²) in [6, 6.07) is 6.48. The lowest BCUT2D eigenvalue weighted by Gasteiger charge is -2.33. The maximum atomic E-state index is 11.6. The highest BCUT2D eigenvalue weighted by Gasteiger charge is 2.26. The Bertz CT molecular complexity index is 400. The summed E-state index contributed by atoms with van der Waals surface area (Å²) in [6.45, 7) is 0. The van der Waals surface area contributed by atoms with E-state index in [1.165, 1.54) is 11.3 Å². The lowest BCUT2D eigenvalue weighted by Crippen LogP contribution is -2.44. The summed E-state index contributed by atoms with van der Waals surface area (Å²) in [5.74, 6) is 0.108. The van der Waals surface area contributed by atoms with E-state index < -0.39 is 6.03 Å². The number of amides is 2. The van der Waals surface area contributed by atoms with Crippen molar-refractivity contribution in [1.82, 2.24) is 0 Å². The normalized spacial score (nSPS) is 16.7. The third kappa shape index (κ3) is 2.52. The Labute approximate surface area is 101 Å². The maximum Gasteiger partial charge on any atom is 0.319 e. The average Bonchev–Trinajstić information content (AvgIpc) is 2.33. The molecule has 0 bridgehead atoms. The number of aromatic hydroxyl groups is 1. The summed E-state index contributed by atoms with van der Waals surface area (Å²) in [5.41, 5.74) is 5.96. The van der Waals surface area contributed by atoms with Crippen LogP contribution in [0.15, 0.2) is 24.3 Å². The van der Waals surface area contributed by atoms with Gasteiger partial charge in [0.15, 0.2) is 0 Å². The molecule has 0 aliphatic heterocycles. The molecule has 1 fully saturated rings. The Kier molecular flexibility index (Phi) is 3.52. The third-order valence-corrected chi connectivity index (χ3v) is 3.32. The van der Waals surface area contributed by atoms with Crippen LogP contribution in [0.1, 0.15) is 32.1 Å². The predicted molar refractivity (Wildman–Crippen MR) is 67.0 cm³/mol. The summed E-state index contributed by atoms with van der Waals surface area (Å²) in [5, 5.41) is 9.81. The molecule has 0 unspecified atom stereocenters. The van der Waals surface area contributed by atoms with Gasteiger partial charge in [0, 0.05) is 6.04 Å². The molecule has 2 rings (SSSR count). The molecule has 0 radical (unpaired) electrons. The predicted octanol–water partition coefficient (Wildman–Crippen LogP) is 2.61. The number of carbonyl (C=O) groups is 1. The van der Waals surface area contributed by atoms with E-state index in [0.29, 0.717) is 5.69 Å². The second-order valence-electron chi connectivity index (χ2n) is 4.49. The van der Waals surface area contributed by atoms with Crippen molar-refractivity contribution in [3.63, 3.8) is 0 Å². The van der Waals surface area contributed by atoms with Crippen molar-refractivity contribution in [2.24, 2.45) is 5.73 Å². The van der Waals surface area contributed by atoms with Crippen molar-refractivity contribution in [2.45, 2.75) is 38.1 Å². The quantitative estimate of drug-likeness (QED) is 0.826. The number of anilines is 1. The van der Waals surface area contributed by atoms with Crippen molar-refractivity contribution in [3.05, 3.63) is 24.3 Å². The Morgan fingerprint density at radius 2 is 1.88 bits per heavy atom. The Hall–Kier alpha value is -1.71. The number of urea groups is 1. The van der Waals surface area contributed by atoms with Crippen molar-refractivity contribution in [2.75, 3.05) is 4.90 Å². The number of nitrogens with two attached hydrogens (primary N) is 1. The van der Waals surface area contributed by atoms with E-state index in [1.807, 2.05) is 0 Å². The number of phenolic OH excluding ortho intramolecular Hbond substituents is 1. The number of carbonyl (C=O) groups excluding carboxylic acids is 1. The van der Waals surface area contributed by atoms with Crippen LogP contribution in [-0.2, 0) is 0 Å². The van der Waals surface area contributed by atoms with Crippen molar-refractivity contribution in [3.8, 4) is 5.75 Å². The molecule has 92 valence electrons. The van der Waals surface area contributed by atoms with E-state index in [-0.39, 0.29) is 11.8 Å². The van der Waals surface area contributed by atoms with Gasteiger partial charge in [0.05, 0.1) is 5.69 Å². The number of phenols is 1. The first-order valence-electron chi connectivity index (χ1n) is 6.07. The molecule has 4 heteroatoms. The van der Waals surface area contributed by atoms with Crippen LogP contribution in [-0.4, -0.2) is 17.2 Å². The number of primary amides is 1. The maximum absolute atomic E-state index is 11.6. The monoisotopic (exact) mass is 234 g/mol. The first kappa shape index (κ1) is 11.8. The lowest BCUT2D eigenvalue weighted by atomic mass is 9.94. The molecule has 0 atom stereocenters. The van der Waals surface area contributed by atoms with Crippen LogP contribution in [0.3, 0.4) is 0 Å². The van der Waals surface area contributed by atoms with Crippen molar-refractivity contribution in [1.29, 1.82) is 0 Å². The van der Waals surface area contributed by atoms with E-state index in [2.05, 4.69) is 0 Å². The molecule has 1 aliphatic rings. The van der Waals surface area contributed by atoms with Crippen molar-refractivity contribution < 1.29 is 9.90 Å². The SMILES string of the molecule is NC(=O)N(c1ccccc1O)C1CCCCC1. The zero-order chi connectivity index (χ0) is 12.3. The van der Waals surface area contributed by atoms with Gasteiger partial charge in [-0.25, -0.2) is 4.79 Å². The van der Waals surface area contributed by atoms with Gasteiger partial charge < -0.3 is 10.8 Å². The summed E-state index contributed by atoms with van der Waals surface area (Å²) in [6.07, 6.45) is 5.35. The summed E-state index contributed by atoms with van der Waals surface area (Å²) >= 11 is 0. The molecule has 1 aromatic rings. The fourth-order valence-corrected chi connectivity index (χ4v) is 2.50. The highest BCUT2D eigenvalue weighted by Crippen LogP contribution is 2.32.